The minimum atomic E-state index is -0.561. The molecular weight excluding hydrogens is 304 g/mol. The number of nitrogens with two attached hydrogens (primary N) is 1. The molecule has 0 spiro atoms. The summed E-state index contributed by atoms with van der Waals surface area (Å²) >= 11 is 0. The number of nitrogens with zero attached hydrogens (tertiary/aromatic N) is 3. The average molecular weight is 322 g/mol. The predicted molar refractivity (Wildman–Crippen MR) is 92.5 cm³/mol. The van der Waals surface area contributed by atoms with Gasteiger partial charge in [0.1, 0.15) is 5.82 Å². The molecule has 0 bridgehead atoms. The Hall–Kier alpha value is -3.15. The van der Waals surface area contributed by atoms with Crippen LogP contribution in [0.25, 0.3) is 11.0 Å². The van der Waals surface area contributed by atoms with Crippen molar-refractivity contribution in [2.45, 2.75) is 6.42 Å². The Kier molecular flexibility index (Phi) is 4.56. The van der Waals surface area contributed by atoms with E-state index in [1.165, 1.54) is 0 Å². The molecule has 24 heavy (non-hydrogen) atoms. The molecule has 0 radical (unpaired) electrons. The minimum Gasteiger partial charge on any atom is -0.385 e. The van der Waals surface area contributed by atoms with Gasteiger partial charge in [0, 0.05) is 7.05 Å². The Bertz CT molecular complexity index is 884. The lowest BCUT2D eigenvalue weighted by Gasteiger charge is -2.07. The number of para-hydroxylation sites is 2. The molecule has 6 heteroatoms. The van der Waals surface area contributed by atoms with Crippen LogP contribution in [0.15, 0.2) is 59.8 Å². The van der Waals surface area contributed by atoms with Crippen LogP contribution in [0.2, 0.25) is 0 Å². The maximum absolute atomic E-state index is 10.9. The first-order valence-electron chi connectivity index (χ1n) is 7.58. The number of oxime groups is 1. The van der Waals surface area contributed by atoms with Crippen LogP contribution >= 0.6 is 0 Å². The van der Waals surface area contributed by atoms with Crippen molar-refractivity contribution in [3.63, 3.8) is 0 Å². The minimum absolute atomic E-state index is 0.251. The van der Waals surface area contributed by atoms with Gasteiger partial charge in [-0.25, -0.2) is 4.98 Å². The third kappa shape index (κ3) is 3.43. The monoisotopic (exact) mass is 322 g/mol. The first-order valence-corrected chi connectivity index (χ1v) is 7.58. The highest BCUT2D eigenvalue weighted by atomic mass is 16.6. The summed E-state index contributed by atoms with van der Waals surface area (Å²) < 4.78 is 2.03. The number of carbonyl (C=O) groups excluding carboxylic acids is 1. The fraction of sp³-hybridized carbons (Fsp3) is 0.167. The largest absolute Gasteiger partial charge is 0.385 e. The number of fused-ring (bicyclic) bond motifs is 1. The molecule has 3 aromatic rings. The zero-order valence-corrected chi connectivity index (χ0v) is 13.3. The fourth-order valence-electron chi connectivity index (χ4n) is 2.49. The molecule has 0 saturated carbocycles. The van der Waals surface area contributed by atoms with E-state index in [1.54, 1.807) is 0 Å². The molecule has 0 aliphatic carbocycles. The van der Waals surface area contributed by atoms with Gasteiger partial charge in [0.2, 0.25) is 0 Å². The van der Waals surface area contributed by atoms with E-state index < -0.39 is 5.91 Å². The maximum Gasteiger partial charge on any atom is 0.258 e. The third-order valence-electron chi connectivity index (χ3n) is 3.69. The molecule has 1 heterocycles. The van der Waals surface area contributed by atoms with Crippen molar-refractivity contribution < 1.29 is 9.63 Å². The SMILES string of the molecule is Cn1c(CC(=NOCC(N)=O)c2ccccc2)nc2ccccc21. The highest BCUT2D eigenvalue weighted by Gasteiger charge is 2.13. The smallest absolute Gasteiger partial charge is 0.258 e. The van der Waals surface area contributed by atoms with Crippen LogP contribution in [0.4, 0.5) is 0 Å². The fourth-order valence-corrected chi connectivity index (χ4v) is 2.49. The van der Waals surface area contributed by atoms with Gasteiger partial charge >= 0.3 is 0 Å². The van der Waals surface area contributed by atoms with Gasteiger partial charge < -0.3 is 15.1 Å². The van der Waals surface area contributed by atoms with Crippen LogP contribution in [0.5, 0.6) is 0 Å². The van der Waals surface area contributed by atoms with Crippen molar-refractivity contribution in [1.29, 1.82) is 0 Å². The number of hydrogen-bond acceptors (Lipinski definition) is 4. The van der Waals surface area contributed by atoms with Crippen molar-refractivity contribution in [3.05, 3.63) is 66.0 Å². The number of aromatic nitrogens is 2. The maximum atomic E-state index is 10.9. The Morgan fingerprint density at radius 3 is 2.58 bits per heavy atom. The lowest BCUT2D eigenvalue weighted by molar-refractivity contribution is -0.122. The van der Waals surface area contributed by atoms with Gasteiger partial charge in [0.25, 0.3) is 5.91 Å². The molecule has 2 N–H and O–H groups in total. The van der Waals surface area contributed by atoms with Crippen LogP contribution in [0.3, 0.4) is 0 Å². The highest BCUT2D eigenvalue weighted by molar-refractivity contribution is 6.01. The number of hydrogen-bond donors (Lipinski definition) is 1. The van der Waals surface area contributed by atoms with Gasteiger partial charge in [-0.15, -0.1) is 0 Å². The van der Waals surface area contributed by atoms with Gasteiger partial charge in [-0.05, 0) is 17.7 Å². The number of primary amides is 1. The van der Waals surface area contributed by atoms with Gasteiger partial charge in [-0.1, -0.05) is 47.6 Å². The Labute approximate surface area is 139 Å². The topological polar surface area (TPSA) is 82.5 Å². The van der Waals surface area contributed by atoms with Gasteiger partial charge in [-0.3, -0.25) is 4.79 Å². The number of benzene rings is 2. The second-order valence-corrected chi connectivity index (χ2v) is 5.40. The van der Waals surface area contributed by atoms with Crippen LogP contribution < -0.4 is 5.73 Å². The molecule has 6 nitrogen and oxygen atoms in total. The number of carbonyl (C=O) groups is 1. The van der Waals surface area contributed by atoms with E-state index >= 15 is 0 Å². The summed E-state index contributed by atoms with van der Waals surface area (Å²) in [6.45, 7) is -0.251. The summed E-state index contributed by atoms with van der Waals surface area (Å²) in [7, 11) is 1.97. The molecule has 0 fully saturated rings. The summed E-state index contributed by atoms with van der Waals surface area (Å²) in [5.41, 5.74) is 8.68. The predicted octanol–water partition coefficient (Wildman–Crippen LogP) is 2.02. The summed E-state index contributed by atoms with van der Waals surface area (Å²) in [4.78, 5) is 20.6. The second kappa shape index (κ2) is 6.95. The van der Waals surface area contributed by atoms with Gasteiger partial charge in [0.15, 0.2) is 6.61 Å². The summed E-state index contributed by atoms with van der Waals surface area (Å²) in [6, 6.07) is 17.6. The zero-order valence-electron chi connectivity index (χ0n) is 13.3. The van der Waals surface area contributed by atoms with Gasteiger partial charge in [-0.2, -0.15) is 0 Å². The molecule has 0 atom stereocenters. The lowest BCUT2D eigenvalue weighted by atomic mass is 10.1. The summed E-state index contributed by atoms with van der Waals surface area (Å²) in [5.74, 6) is 0.301. The summed E-state index contributed by atoms with van der Waals surface area (Å²) in [6.07, 6.45) is 0.480. The van der Waals surface area contributed by atoms with Crippen LogP contribution in [0, 0.1) is 0 Å². The van der Waals surface area contributed by atoms with E-state index in [2.05, 4.69) is 10.1 Å². The Morgan fingerprint density at radius 1 is 1.17 bits per heavy atom. The van der Waals surface area contributed by atoms with Crippen LogP contribution in [0.1, 0.15) is 11.4 Å². The van der Waals surface area contributed by atoms with Crippen molar-refractivity contribution in [3.8, 4) is 0 Å². The average Bonchev–Trinajstić information content (AvgIpc) is 2.91. The molecule has 0 saturated heterocycles. The Balaban J connectivity index is 1.93. The van der Waals surface area contributed by atoms with E-state index in [0.29, 0.717) is 12.1 Å². The molecule has 3 rings (SSSR count). The molecular formula is C18H18N4O2. The first-order chi connectivity index (χ1) is 11.6. The van der Waals surface area contributed by atoms with E-state index in [0.717, 1.165) is 22.4 Å². The lowest BCUT2D eigenvalue weighted by Crippen LogP contribution is -2.18. The number of amides is 1. The van der Waals surface area contributed by atoms with Crippen LogP contribution in [-0.2, 0) is 23.1 Å². The van der Waals surface area contributed by atoms with Crippen molar-refractivity contribution >= 4 is 22.7 Å². The standard InChI is InChI=1S/C18H18N4O2/c1-22-16-10-6-5-9-14(16)20-18(22)11-15(21-24-12-17(19)23)13-7-3-2-4-8-13/h2-10H,11-12H2,1H3,(H2,19,23). The van der Waals surface area contributed by atoms with Crippen molar-refractivity contribution in [2.24, 2.45) is 17.9 Å². The Morgan fingerprint density at radius 2 is 1.88 bits per heavy atom. The number of imidazole rings is 1. The van der Waals surface area contributed by atoms with Crippen molar-refractivity contribution in [1.82, 2.24) is 9.55 Å². The molecule has 0 aliphatic heterocycles. The highest BCUT2D eigenvalue weighted by Crippen LogP contribution is 2.16. The normalized spacial score (nSPS) is 11.6. The summed E-state index contributed by atoms with van der Waals surface area (Å²) in [5, 5.41) is 4.10. The van der Waals surface area contributed by atoms with Gasteiger partial charge in [0.05, 0.1) is 23.2 Å². The molecule has 0 aliphatic rings. The second-order valence-electron chi connectivity index (χ2n) is 5.40. The molecule has 2 aromatic carbocycles. The molecule has 1 amide bonds. The van der Waals surface area contributed by atoms with Crippen LogP contribution in [-0.4, -0.2) is 27.8 Å². The molecule has 1 aromatic heterocycles. The van der Waals surface area contributed by atoms with E-state index in [9.17, 15) is 4.79 Å². The molecule has 0 unspecified atom stereocenters. The quantitative estimate of drug-likeness (QED) is 0.557. The van der Waals surface area contributed by atoms with E-state index in [1.807, 2.05) is 66.2 Å². The number of aryl methyl sites for hydroxylation is 1. The zero-order chi connectivity index (χ0) is 16.9. The van der Waals surface area contributed by atoms with E-state index in [-0.39, 0.29) is 6.61 Å². The van der Waals surface area contributed by atoms with E-state index in [4.69, 9.17) is 10.6 Å². The third-order valence-corrected chi connectivity index (χ3v) is 3.69. The molecule has 122 valence electrons. The first kappa shape index (κ1) is 15.7. The number of rotatable bonds is 6. The van der Waals surface area contributed by atoms with Crippen molar-refractivity contribution in [2.75, 3.05) is 6.61 Å².